The highest BCUT2D eigenvalue weighted by Crippen LogP contribution is 2.30. The number of hydrogen-bond acceptors (Lipinski definition) is 5. The molecule has 0 N–H and O–H groups in total. The van der Waals surface area contributed by atoms with E-state index in [0.717, 1.165) is 23.4 Å². The van der Waals surface area contributed by atoms with Crippen molar-refractivity contribution in [2.24, 2.45) is 0 Å². The molecule has 0 aliphatic carbocycles. The molecule has 140 valence electrons. The van der Waals surface area contributed by atoms with Crippen molar-refractivity contribution in [1.82, 2.24) is 9.88 Å². The SMILES string of the molecule is CCCCN(C(=O)c1sc(-c2ccccc2)nc1C)C1CCS(=O)(=O)C1. The van der Waals surface area contributed by atoms with Crippen LogP contribution < -0.4 is 0 Å². The van der Waals surface area contributed by atoms with E-state index in [1.54, 1.807) is 4.90 Å². The second kappa shape index (κ2) is 7.88. The van der Waals surface area contributed by atoms with Gasteiger partial charge < -0.3 is 4.90 Å². The van der Waals surface area contributed by atoms with Crippen molar-refractivity contribution in [1.29, 1.82) is 0 Å². The maximum absolute atomic E-state index is 13.2. The summed E-state index contributed by atoms with van der Waals surface area (Å²) in [6.45, 7) is 4.51. The van der Waals surface area contributed by atoms with Crippen LogP contribution in [0.1, 0.15) is 41.6 Å². The minimum absolute atomic E-state index is 0.0752. The van der Waals surface area contributed by atoms with Gasteiger partial charge in [0.1, 0.15) is 9.88 Å². The standard InChI is InChI=1S/C19H24N2O3S2/c1-3-4-11-21(16-10-12-26(23,24)13-16)19(22)17-14(2)20-18(25-17)15-8-6-5-7-9-15/h5-9,16H,3-4,10-13H2,1-2H3. The van der Waals surface area contributed by atoms with E-state index < -0.39 is 9.84 Å². The van der Waals surface area contributed by atoms with Gasteiger partial charge in [-0.25, -0.2) is 13.4 Å². The molecular formula is C19H24N2O3S2. The van der Waals surface area contributed by atoms with Gasteiger partial charge in [-0.05, 0) is 19.8 Å². The van der Waals surface area contributed by atoms with E-state index in [-0.39, 0.29) is 23.5 Å². The minimum Gasteiger partial charge on any atom is -0.334 e. The first-order valence-electron chi connectivity index (χ1n) is 8.95. The topological polar surface area (TPSA) is 67.3 Å². The molecule has 7 heteroatoms. The number of rotatable bonds is 6. The Morgan fingerprint density at radius 3 is 2.65 bits per heavy atom. The number of amides is 1. The van der Waals surface area contributed by atoms with Gasteiger partial charge in [-0.3, -0.25) is 4.79 Å². The summed E-state index contributed by atoms with van der Waals surface area (Å²) >= 11 is 1.39. The van der Waals surface area contributed by atoms with E-state index in [9.17, 15) is 13.2 Å². The highest BCUT2D eigenvalue weighted by atomic mass is 32.2. The van der Waals surface area contributed by atoms with E-state index in [2.05, 4.69) is 11.9 Å². The summed E-state index contributed by atoms with van der Waals surface area (Å²) in [6, 6.07) is 9.58. The fourth-order valence-electron chi connectivity index (χ4n) is 3.23. The van der Waals surface area contributed by atoms with E-state index in [0.29, 0.717) is 23.5 Å². The van der Waals surface area contributed by atoms with Crippen LogP contribution in [0.25, 0.3) is 10.6 Å². The van der Waals surface area contributed by atoms with Crippen LogP contribution in [0.5, 0.6) is 0 Å². The zero-order valence-corrected chi connectivity index (χ0v) is 16.8. The molecule has 1 aromatic carbocycles. The Labute approximate surface area is 159 Å². The average Bonchev–Trinajstić information content (AvgIpc) is 3.18. The zero-order chi connectivity index (χ0) is 18.7. The molecule has 0 bridgehead atoms. The zero-order valence-electron chi connectivity index (χ0n) is 15.1. The summed E-state index contributed by atoms with van der Waals surface area (Å²) in [6.07, 6.45) is 2.35. The Bertz CT molecular complexity index is 875. The minimum atomic E-state index is -3.04. The van der Waals surface area contributed by atoms with Crippen molar-refractivity contribution >= 4 is 27.1 Å². The number of sulfone groups is 1. The summed E-state index contributed by atoms with van der Waals surface area (Å²) in [5.74, 6) is 0.161. The Kier molecular flexibility index (Phi) is 5.77. The Hall–Kier alpha value is -1.73. The fraction of sp³-hybridized carbons (Fsp3) is 0.474. The Balaban J connectivity index is 1.88. The van der Waals surface area contributed by atoms with Crippen molar-refractivity contribution in [3.05, 3.63) is 40.9 Å². The third kappa shape index (κ3) is 4.15. The second-order valence-corrected chi connectivity index (χ2v) is 9.94. The number of unbranched alkanes of at least 4 members (excludes halogenated alkanes) is 1. The second-order valence-electron chi connectivity index (χ2n) is 6.71. The lowest BCUT2D eigenvalue weighted by atomic mass is 10.2. The lowest BCUT2D eigenvalue weighted by molar-refractivity contribution is 0.0698. The molecule has 0 spiro atoms. The molecule has 3 rings (SSSR count). The molecule has 1 unspecified atom stereocenters. The van der Waals surface area contributed by atoms with Gasteiger partial charge in [0.25, 0.3) is 5.91 Å². The number of benzene rings is 1. The number of carbonyl (C=O) groups excluding carboxylic acids is 1. The molecule has 1 fully saturated rings. The van der Waals surface area contributed by atoms with Crippen LogP contribution in [-0.2, 0) is 9.84 Å². The van der Waals surface area contributed by atoms with Crippen LogP contribution in [0.2, 0.25) is 0 Å². The summed E-state index contributed by atoms with van der Waals surface area (Å²) in [4.78, 5) is 20.2. The number of aromatic nitrogens is 1. The molecule has 1 aliphatic heterocycles. The quantitative estimate of drug-likeness (QED) is 0.754. The van der Waals surface area contributed by atoms with Crippen molar-refractivity contribution in [2.75, 3.05) is 18.1 Å². The fourth-order valence-corrected chi connectivity index (χ4v) is 5.99. The van der Waals surface area contributed by atoms with Gasteiger partial charge in [0.2, 0.25) is 0 Å². The summed E-state index contributed by atoms with van der Waals surface area (Å²) in [7, 11) is -3.04. The third-order valence-corrected chi connectivity index (χ3v) is 7.62. The largest absolute Gasteiger partial charge is 0.334 e. The lowest BCUT2D eigenvalue weighted by Crippen LogP contribution is -2.41. The van der Waals surface area contributed by atoms with Crippen LogP contribution in [-0.4, -0.2) is 48.3 Å². The highest BCUT2D eigenvalue weighted by molar-refractivity contribution is 7.91. The van der Waals surface area contributed by atoms with Crippen LogP contribution in [0.15, 0.2) is 30.3 Å². The summed E-state index contributed by atoms with van der Waals surface area (Å²) in [5.41, 5.74) is 1.70. The molecular weight excluding hydrogens is 368 g/mol. The third-order valence-electron chi connectivity index (χ3n) is 4.67. The van der Waals surface area contributed by atoms with Crippen LogP contribution in [0, 0.1) is 6.92 Å². The number of aryl methyl sites for hydroxylation is 1. The number of nitrogens with zero attached hydrogens (tertiary/aromatic N) is 2. The van der Waals surface area contributed by atoms with E-state index in [1.807, 2.05) is 37.3 Å². The smallest absolute Gasteiger partial charge is 0.266 e. The predicted octanol–water partition coefficient (Wildman–Crippen LogP) is 3.55. The first kappa shape index (κ1) is 19.0. The first-order chi connectivity index (χ1) is 12.4. The highest BCUT2D eigenvalue weighted by Gasteiger charge is 2.35. The predicted molar refractivity (Wildman–Crippen MR) is 105 cm³/mol. The van der Waals surface area contributed by atoms with E-state index in [1.165, 1.54) is 11.3 Å². The number of thiazole rings is 1. The average molecular weight is 393 g/mol. The van der Waals surface area contributed by atoms with Crippen molar-refractivity contribution in [3.8, 4) is 10.6 Å². The molecule has 2 heterocycles. The van der Waals surface area contributed by atoms with Crippen molar-refractivity contribution in [2.45, 2.75) is 39.2 Å². The maximum Gasteiger partial charge on any atom is 0.266 e. The molecule has 0 saturated carbocycles. The molecule has 26 heavy (non-hydrogen) atoms. The monoisotopic (exact) mass is 392 g/mol. The molecule has 1 amide bonds. The van der Waals surface area contributed by atoms with Gasteiger partial charge in [0.05, 0.1) is 17.2 Å². The lowest BCUT2D eigenvalue weighted by Gasteiger charge is -2.28. The Morgan fingerprint density at radius 2 is 2.04 bits per heavy atom. The Morgan fingerprint density at radius 1 is 1.31 bits per heavy atom. The summed E-state index contributed by atoms with van der Waals surface area (Å²) < 4.78 is 23.8. The first-order valence-corrected chi connectivity index (χ1v) is 11.6. The van der Waals surface area contributed by atoms with Crippen molar-refractivity contribution < 1.29 is 13.2 Å². The molecule has 1 atom stereocenters. The van der Waals surface area contributed by atoms with Gasteiger partial charge in [-0.2, -0.15) is 0 Å². The van der Waals surface area contributed by atoms with E-state index >= 15 is 0 Å². The normalized spacial score (nSPS) is 18.8. The van der Waals surface area contributed by atoms with Gasteiger partial charge in [-0.15, -0.1) is 11.3 Å². The molecule has 1 aromatic heterocycles. The van der Waals surface area contributed by atoms with E-state index in [4.69, 9.17) is 0 Å². The van der Waals surface area contributed by atoms with Gasteiger partial charge in [0, 0.05) is 18.2 Å². The summed E-state index contributed by atoms with van der Waals surface area (Å²) in [5, 5.41) is 0.820. The number of carbonyl (C=O) groups is 1. The molecule has 5 nitrogen and oxygen atoms in total. The van der Waals surface area contributed by atoms with Crippen molar-refractivity contribution in [3.63, 3.8) is 0 Å². The van der Waals surface area contributed by atoms with Crippen LogP contribution >= 0.6 is 11.3 Å². The molecule has 1 aliphatic rings. The van der Waals surface area contributed by atoms with Crippen LogP contribution in [0.4, 0.5) is 0 Å². The van der Waals surface area contributed by atoms with Gasteiger partial charge in [0.15, 0.2) is 9.84 Å². The van der Waals surface area contributed by atoms with Crippen LogP contribution in [0.3, 0.4) is 0 Å². The van der Waals surface area contributed by atoms with Gasteiger partial charge >= 0.3 is 0 Å². The molecule has 2 aromatic rings. The maximum atomic E-state index is 13.2. The number of hydrogen-bond donors (Lipinski definition) is 0. The van der Waals surface area contributed by atoms with Gasteiger partial charge in [-0.1, -0.05) is 43.7 Å². The molecule has 0 radical (unpaired) electrons. The molecule has 1 saturated heterocycles.